The second-order valence-electron chi connectivity index (χ2n) is 8.50. The minimum absolute atomic E-state index is 0.0932. The Bertz CT molecular complexity index is 1060. The van der Waals surface area contributed by atoms with Crippen LogP contribution >= 0.6 is 0 Å². The number of rotatable bonds is 6. The van der Waals surface area contributed by atoms with Gasteiger partial charge in [0.2, 0.25) is 6.79 Å². The summed E-state index contributed by atoms with van der Waals surface area (Å²) in [5.74, 6) is 2.30. The maximum Gasteiger partial charge on any atom is 0.231 e. The predicted molar refractivity (Wildman–Crippen MR) is 140 cm³/mol. The highest BCUT2D eigenvalue weighted by Gasteiger charge is 2.28. The highest BCUT2D eigenvalue weighted by atomic mass is 16.7. The summed E-state index contributed by atoms with van der Waals surface area (Å²) in [6.07, 6.45) is 7.01. The lowest BCUT2D eigenvalue weighted by Gasteiger charge is -2.34. The van der Waals surface area contributed by atoms with Gasteiger partial charge in [-0.05, 0) is 60.7 Å². The Morgan fingerprint density at radius 2 is 1.91 bits per heavy atom. The van der Waals surface area contributed by atoms with Crippen LogP contribution in [-0.2, 0) is 16.0 Å². The van der Waals surface area contributed by atoms with Crippen LogP contribution in [0.2, 0.25) is 0 Å². The number of piperidine rings is 1. The van der Waals surface area contributed by atoms with Gasteiger partial charge in [-0.2, -0.15) is 0 Å². The van der Waals surface area contributed by atoms with Crippen LogP contribution in [0.1, 0.15) is 57.3 Å². The first-order valence-electron chi connectivity index (χ1n) is 12.7. The monoisotopic (exact) mass is 478 g/mol. The molecule has 1 saturated heterocycles. The molecule has 0 saturated carbocycles. The zero-order chi connectivity index (χ0) is 25.0. The molecule has 0 radical (unpaired) electrons. The van der Waals surface area contributed by atoms with Crippen molar-refractivity contribution < 1.29 is 19.0 Å². The van der Waals surface area contributed by atoms with Crippen LogP contribution in [0.5, 0.6) is 11.5 Å². The molecule has 3 aromatic rings. The Balaban J connectivity index is 0.000000207. The summed E-state index contributed by atoms with van der Waals surface area (Å²) in [5, 5.41) is 4.89. The number of para-hydroxylation sites is 1. The quantitative estimate of drug-likeness (QED) is 0.446. The third kappa shape index (κ3) is 6.80. The molecule has 6 nitrogen and oxygen atoms in total. The number of benzene rings is 2. The predicted octanol–water partition coefficient (Wildman–Crippen LogP) is 5.88. The van der Waals surface area contributed by atoms with Crippen LogP contribution in [0.25, 0.3) is 10.9 Å². The summed E-state index contributed by atoms with van der Waals surface area (Å²) >= 11 is 0. The molecule has 1 aromatic heterocycles. The molecule has 35 heavy (non-hydrogen) atoms. The molecule has 1 fully saturated rings. The highest BCUT2D eigenvalue weighted by molar-refractivity contribution is 5.82. The van der Waals surface area contributed by atoms with Gasteiger partial charge < -0.3 is 24.3 Å². The van der Waals surface area contributed by atoms with E-state index in [2.05, 4.69) is 41.5 Å². The van der Waals surface area contributed by atoms with Gasteiger partial charge in [-0.3, -0.25) is 4.98 Å². The number of carbonyl (C=O) groups is 1. The first-order chi connectivity index (χ1) is 17.2. The van der Waals surface area contributed by atoms with Crippen molar-refractivity contribution in [2.24, 2.45) is 5.92 Å². The summed E-state index contributed by atoms with van der Waals surface area (Å²) in [6.45, 7) is 7.65. The van der Waals surface area contributed by atoms with Gasteiger partial charge in [-0.15, -0.1) is 0 Å². The molecule has 1 N–H and O–H groups in total. The van der Waals surface area contributed by atoms with Crippen molar-refractivity contribution >= 4 is 17.2 Å². The average molecular weight is 479 g/mol. The molecule has 0 spiro atoms. The molecule has 0 bridgehead atoms. The van der Waals surface area contributed by atoms with Crippen molar-refractivity contribution in [2.75, 3.05) is 20.4 Å². The van der Waals surface area contributed by atoms with E-state index in [1.165, 1.54) is 30.2 Å². The van der Waals surface area contributed by atoms with E-state index < -0.39 is 0 Å². The lowest BCUT2D eigenvalue weighted by Crippen LogP contribution is -2.43. The summed E-state index contributed by atoms with van der Waals surface area (Å²) in [7, 11) is 1.81. The van der Waals surface area contributed by atoms with E-state index in [1.54, 1.807) is 0 Å². The Labute approximate surface area is 209 Å². The molecule has 2 aliphatic rings. The maximum absolute atomic E-state index is 10.2. The van der Waals surface area contributed by atoms with Crippen LogP contribution in [0, 0.1) is 5.92 Å². The van der Waals surface area contributed by atoms with Crippen LogP contribution in [0.15, 0.2) is 54.7 Å². The van der Waals surface area contributed by atoms with E-state index in [0.717, 1.165) is 41.3 Å². The second-order valence-corrected chi connectivity index (χ2v) is 8.50. The highest BCUT2D eigenvalue weighted by Crippen LogP contribution is 2.33. The zero-order valence-corrected chi connectivity index (χ0v) is 21.3. The van der Waals surface area contributed by atoms with Crippen LogP contribution in [0.4, 0.5) is 0 Å². The van der Waals surface area contributed by atoms with E-state index in [0.29, 0.717) is 12.5 Å². The Morgan fingerprint density at radius 1 is 1.11 bits per heavy atom. The number of methoxy groups -OCH3 is 1. The fraction of sp³-hybridized carbons (Fsp3) is 0.448. The number of aldehydes is 1. The molecular formula is C29H38N2O4. The van der Waals surface area contributed by atoms with Crippen molar-refractivity contribution in [3.05, 3.63) is 65.9 Å². The summed E-state index contributed by atoms with van der Waals surface area (Å²) < 4.78 is 16.1. The summed E-state index contributed by atoms with van der Waals surface area (Å²) in [4.78, 5) is 14.7. The molecule has 6 heteroatoms. The number of fused-ring (bicyclic) bond motifs is 2. The molecule has 0 aliphatic carbocycles. The standard InChI is InChI=1S/C18H24N2O.C9H8O3.C2H6/c1-3-13-8-9-17(20-12-13)18(21-2)15-10-11-19-16-7-5-4-6-14(15)16;10-4-3-7-1-2-8-9(5-7)12-6-11-8;1-2/h4-7,10-11,13,17-18,20H,3,8-9,12H2,1-2H3;1-2,4-5H,3,6H2;1-2H3. The first kappa shape index (κ1) is 26.6. The number of hydrogen-bond donors (Lipinski definition) is 1. The number of nitrogens with zero attached hydrogens (tertiary/aromatic N) is 1. The largest absolute Gasteiger partial charge is 0.454 e. The van der Waals surface area contributed by atoms with Crippen LogP contribution < -0.4 is 14.8 Å². The van der Waals surface area contributed by atoms with E-state index in [9.17, 15) is 4.79 Å². The van der Waals surface area contributed by atoms with Crippen molar-refractivity contribution in [3.63, 3.8) is 0 Å². The van der Waals surface area contributed by atoms with Gasteiger partial charge in [-0.1, -0.05) is 51.5 Å². The fourth-order valence-corrected chi connectivity index (χ4v) is 4.58. The molecule has 2 aliphatic heterocycles. The smallest absolute Gasteiger partial charge is 0.231 e. The molecule has 0 amide bonds. The topological polar surface area (TPSA) is 69.7 Å². The average Bonchev–Trinajstić information content (AvgIpc) is 3.39. The second kappa shape index (κ2) is 13.8. The number of pyridine rings is 1. The number of hydrogen-bond acceptors (Lipinski definition) is 6. The molecule has 3 unspecified atom stereocenters. The van der Waals surface area contributed by atoms with Crippen LogP contribution in [-0.4, -0.2) is 37.8 Å². The number of aromatic nitrogens is 1. The number of nitrogens with one attached hydrogen (secondary N) is 1. The third-order valence-corrected chi connectivity index (χ3v) is 6.50. The SMILES string of the molecule is CC.CCC1CCC(C(OC)c2ccnc3ccccc23)NC1.O=CCc1ccc2c(c1)OCO2. The lowest BCUT2D eigenvalue weighted by atomic mass is 9.87. The Morgan fingerprint density at radius 3 is 2.63 bits per heavy atom. The van der Waals surface area contributed by atoms with E-state index in [-0.39, 0.29) is 12.9 Å². The Kier molecular flexibility index (Phi) is 10.5. The van der Waals surface area contributed by atoms with Crippen molar-refractivity contribution in [1.82, 2.24) is 10.3 Å². The number of carbonyl (C=O) groups excluding carboxylic acids is 1. The first-order valence-corrected chi connectivity index (χ1v) is 12.7. The van der Waals surface area contributed by atoms with Crippen molar-refractivity contribution in [3.8, 4) is 11.5 Å². The van der Waals surface area contributed by atoms with Gasteiger partial charge in [0, 0.05) is 31.2 Å². The summed E-state index contributed by atoms with van der Waals surface area (Å²) in [6, 6.07) is 16.3. The van der Waals surface area contributed by atoms with Crippen molar-refractivity contribution in [2.45, 2.75) is 58.6 Å². The molecule has 3 atom stereocenters. The van der Waals surface area contributed by atoms with Gasteiger partial charge >= 0.3 is 0 Å². The molecule has 2 aromatic carbocycles. The third-order valence-electron chi connectivity index (χ3n) is 6.50. The summed E-state index contributed by atoms with van der Waals surface area (Å²) in [5.41, 5.74) is 3.24. The molecule has 188 valence electrons. The molecular weight excluding hydrogens is 440 g/mol. The van der Waals surface area contributed by atoms with Crippen molar-refractivity contribution in [1.29, 1.82) is 0 Å². The fourth-order valence-electron chi connectivity index (χ4n) is 4.58. The van der Waals surface area contributed by atoms with Gasteiger partial charge in [0.25, 0.3) is 0 Å². The normalized spacial score (nSPS) is 19.1. The maximum atomic E-state index is 10.2. The van der Waals surface area contributed by atoms with Gasteiger partial charge in [-0.25, -0.2) is 0 Å². The van der Waals surface area contributed by atoms with Gasteiger partial charge in [0.1, 0.15) is 6.29 Å². The lowest BCUT2D eigenvalue weighted by molar-refractivity contribution is -0.107. The van der Waals surface area contributed by atoms with E-state index in [1.807, 2.05) is 51.4 Å². The van der Waals surface area contributed by atoms with E-state index >= 15 is 0 Å². The van der Waals surface area contributed by atoms with Gasteiger partial charge in [0.15, 0.2) is 11.5 Å². The zero-order valence-electron chi connectivity index (χ0n) is 21.3. The van der Waals surface area contributed by atoms with E-state index in [4.69, 9.17) is 14.2 Å². The number of ether oxygens (including phenoxy) is 3. The molecule has 3 heterocycles. The Hall–Kier alpha value is -2.96. The van der Waals surface area contributed by atoms with Gasteiger partial charge in [0.05, 0.1) is 11.6 Å². The van der Waals surface area contributed by atoms with Crippen LogP contribution in [0.3, 0.4) is 0 Å². The minimum atomic E-state index is 0.0932. The minimum Gasteiger partial charge on any atom is -0.454 e. The molecule has 5 rings (SSSR count).